The third kappa shape index (κ3) is 15.4. The number of fused-ring (bicyclic) bond motifs is 12. The van der Waals surface area contributed by atoms with E-state index < -0.39 is 21.4 Å². The number of alkyl halides is 3. The number of rotatable bonds is 9. The summed E-state index contributed by atoms with van der Waals surface area (Å²) in [6, 6.07) is 103. The highest BCUT2D eigenvalue weighted by molar-refractivity contribution is 14.1. The number of aryl methyl sites for hydroxylation is 2. The Morgan fingerprint density at radius 1 is 0.368 bits per heavy atom. The highest BCUT2D eigenvalue weighted by Gasteiger charge is 2.49. The minimum Gasteiger partial charge on any atom is -0.507 e. The van der Waals surface area contributed by atoms with Crippen molar-refractivity contribution in [3.63, 3.8) is 0 Å². The molecule has 0 saturated carbocycles. The van der Waals surface area contributed by atoms with E-state index in [4.69, 9.17) is 4.98 Å². The molecule has 567 valence electrons. The maximum atomic E-state index is 13.2. The van der Waals surface area contributed by atoms with Crippen LogP contribution in [-0.4, -0.2) is 70.8 Å². The zero-order chi connectivity index (χ0) is 79.8. The summed E-state index contributed by atoms with van der Waals surface area (Å²) in [6.45, 7) is 3.89. The molecule has 0 aliphatic carbocycles. The van der Waals surface area contributed by atoms with Gasteiger partial charge in [-0.1, -0.05) is 157 Å². The summed E-state index contributed by atoms with van der Waals surface area (Å²) in [6.07, 6.45) is 8.69. The first-order chi connectivity index (χ1) is 56.4. The number of aromatic hydroxyl groups is 2. The van der Waals surface area contributed by atoms with Gasteiger partial charge in [-0.2, -0.15) is 21.6 Å². The van der Waals surface area contributed by atoms with Crippen molar-refractivity contribution in [2.45, 2.75) is 19.4 Å². The van der Waals surface area contributed by atoms with Crippen molar-refractivity contribution in [3.8, 4) is 85.6 Å². The molecule has 8 aromatic heterocycles. The Morgan fingerprint density at radius 3 is 1.17 bits per heavy atom. The van der Waals surface area contributed by atoms with Crippen LogP contribution in [0.15, 0.2) is 346 Å². The smallest absolute Gasteiger partial charge is 0.507 e. The van der Waals surface area contributed by atoms with E-state index in [0.717, 1.165) is 129 Å². The van der Waals surface area contributed by atoms with Gasteiger partial charge >= 0.3 is 15.6 Å². The van der Waals surface area contributed by atoms with Crippen LogP contribution in [0.1, 0.15) is 22.3 Å². The molecule has 0 aliphatic rings. The number of benzene rings is 12. The fraction of sp³-hybridized carbons (Fsp3) is 0.0309. The largest absolute Gasteiger partial charge is 0.534 e. The summed E-state index contributed by atoms with van der Waals surface area (Å²) < 4.78 is 78.7. The Kier molecular flexibility index (Phi) is 21.8. The average Bonchev–Trinajstić information content (AvgIpc) is 1.58. The molecule has 2 N–H and O–H groups in total. The van der Waals surface area contributed by atoms with Crippen LogP contribution >= 0.6 is 45.2 Å². The van der Waals surface area contributed by atoms with E-state index in [2.05, 4.69) is 218 Å². The van der Waals surface area contributed by atoms with Gasteiger partial charge in [0.25, 0.3) is 0 Å². The van der Waals surface area contributed by atoms with Crippen LogP contribution in [0.5, 0.6) is 17.2 Å². The molecule has 0 aliphatic heterocycles. The maximum Gasteiger partial charge on any atom is 0.534 e. The van der Waals surface area contributed by atoms with E-state index in [0.29, 0.717) is 17.0 Å². The molecule has 0 atom stereocenters. The van der Waals surface area contributed by atoms with Crippen LogP contribution in [-0.2, 0) is 10.1 Å². The van der Waals surface area contributed by atoms with E-state index >= 15 is 0 Å². The lowest BCUT2D eigenvalue weighted by molar-refractivity contribution is -0.0499. The highest BCUT2D eigenvalue weighted by Crippen LogP contribution is 2.45. The second kappa shape index (κ2) is 32.9. The summed E-state index contributed by atoms with van der Waals surface area (Å²) in [5, 5.41) is 29.5. The molecule has 13 nitrogen and oxygen atoms in total. The zero-order valence-corrected chi connectivity index (χ0v) is 67.6. The number of hydrogen-bond donors (Lipinski definition) is 2. The third-order valence-corrected chi connectivity index (χ3v) is 22.5. The average molecular weight is 1780 g/mol. The molecule has 0 saturated heterocycles. The minimum atomic E-state index is -5.90. The number of halogens is 5. The molecule has 117 heavy (non-hydrogen) atoms. The first-order valence-electron chi connectivity index (χ1n) is 36.9. The Balaban J connectivity index is 0.000000118. The molecule has 0 fully saturated rings. The second-order valence-corrected chi connectivity index (χ2v) is 31.5. The monoisotopic (exact) mass is 1780 g/mol. The molecule has 3 radical (unpaired) electrons. The maximum absolute atomic E-state index is 13.2. The SMILES string of the molecule is Cc1ccnc(-c2cc3c4ccccc4n(-c4ccccc4)c3cc2C#Cc2cccnc2)c1.Cc1ccnc(-c2cc3c4ccccc4n(-c4ccccc4)c3cc2OS(=O)(=O)C(F)(F)F)c1.Oc1cc2c(cc1-c1cc(I)ccn1)c1ccccc1n2-c1ccccc1.Oc1cc2c(cc1I)c1ccccc1n2-c1ccccc1.[B]. The predicted octanol–water partition coefficient (Wildman–Crippen LogP) is 24.2. The molecule has 20 rings (SSSR count). The van der Waals surface area contributed by atoms with Crippen LogP contribution < -0.4 is 4.18 Å². The van der Waals surface area contributed by atoms with Crippen molar-refractivity contribution >= 4 is 151 Å². The number of hydrogen-bond acceptors (Lipinski definition) is 9. The molecule has 12 aromatic carbocycles. The van der Waals surface area contributed by atoms with Gasteiger partial charge in [0.2, 0.25) is 0 Å². The summed E-state index contributed by atoms with van der Waals surface area (Å²) in [5.41, 5.74) is 14.1. The van der Waals surface area contributed by atoms with Gasteiger partial charge in [0, 0.05) is 155 Å². The zero-order valence-electron chi connectivity index (χ0n) is 62.5. The van der Waals surface area contributed by atoms with Gasteiger partial charge in [0.05, 0.1) is 64.8 Å². The Labute approximate surface area is 700 Å². The Bertz CT molecular complexity index is 7350. The van der Waals surface area contributed by atoms with Gasteiger partial charge in [-0.25, -0.2) is 0 Å². The topological polar surface area (TPSA) is 155 Å². The molecule has 8 heterocycles. The number of pyridine rings is 4. The first-order valence-corrected chi connectivity index (χ1v) is 40.4. The number of nitrogens with zero attached hydrogens (tertiary/aromatic N) is 8. The summed E-state index contributed by atoms with van der Waals surface area (Å²) in [4.78, 5) is 17.6. The molecule has 0 spiro atoms. The fourth-order valence-electron chi connectivity index (χ4n) is 14.9. The number of phenolic OH excluding ortho intramolecular Hbond substituents is 2. The van der Waals surface area contributed by atoms with Gasteiger partial charge in [-0.3, -0.25) is 19.9 Å². The van der Waals surface area contributed by atoms with Crippen LogP contribution in [0.25, 0.3) is 144 Å². The molecular weight excluding hydrogens is 1710 g/mol. The number of para-hydroxylation sites is 8. The van der Waals surface area contributed by atoms with Crippen LogP contribution in [0.4, 0.5) is 13.2 Å². The highest BCUT2D eigenvalue weighted by atomic mass is 127. The van der Waals surface area contributed by atoms with E-state index in [1.165, 1.54) is 39.5 Å². The van der Waals surface area contributed by atoms with Gasteiger partial charge in [0.1, 0.15) is 11.5 Å². The second-order valence-electron chi connectivity index (χ2n) is 27.5. The van der Waals surface area contributed by atoms with Crippen molar-refractivity contribution in [1.82, 2.24) is 38.2 Å². The van der Waals surface area contributed by atoms with Crippen molar-refractivity contribution in [2.75, 3.05) is 0 Å². The fourth-order valence-corrected chi connectivity index (χ4v) is 16.3. The van der Waals surface area contributed by atoms with Gasteiger partial charge in [-0.05, 0) is 222 Å². The molecule has 20 aromatic rings. The molecule has 0 amide bonds. The van der Waals surface area contributed by atoms with Gasteiger partial charge in [-0.15, -0.1) is 0 Å². The third-order valence-electron chi connectivity index (χ3n) is 20.0. The quantitative estimate of drug-likeness (QED) is 0.0472. The van der Waals surface area contributed by atoms with E-state index in [1.54, 1.807) is 43.7 Å². The van der Waals surface area contributed by atoms with Gasteiger partial charge < -0.3 is 32.7 Å². The Morgan fingerprint density at radius 2 is 0.744 bits per heavy atom. The van der Waals surface area contributed by atoms with Crippen LogP contribution in [0, 0.1) is 32.8 Å². The molecular formula is C97H65BF3I2N8O5S. The molecule has 0 bridgehead atoms. The summed E-state index contributed by atoms with van der Waals surface area (Å²) >= 11 is 4.43. The van der Waals surface area contributed by atoms with Crippen LogP contribution in [0.3, 0.4) is 0 Å². The van der Waals surface area contributed by atoms with E-state index in [-0.39, 0.29) is 19.7 Å². The molecule has 20 heteroatoms. The lowest BCUT2D eigenvalue weighted by Gasteiger charge is -2.14. The van der Waals surface area contributed by atoms with Crippen molar-refractivity contribution in [2.24, 2.45) is 0 Å². The first kappa shape index (κ1) is 77.6. The predicted molar refractivity (Wildman–Crippen MR) is 483 cm³/mol. The lowest BCUT2D eigenvalue weighted by Crippen LogP contribution is -2.28. The standard InChI is InChI=1S/C31H21N3.C25H17F3N2O3S.C23H15IN2O.C18H12INO.B/c1-22-15-17-33-29(18-22)27-20-28-26-11-5-6-12-30(26)34(25-9-3-2-4-10-25)31(28)19-24(27)14-13-23-8-7-16-32-21-23;1-16-11-12-29-21(13-16)20-14-19-18-9-5-6-10-22(18)30(17-7-3-2-4-8-17)23(19)15-24(20)33-34(31,32)25(26,27)28;24-15-10-11-25-20(12-15)19-13-18-17-8-4-5-9-21(17)26(22(18)14-23(19)27)16-6-2-1-3-7-16;19-15-10-14-13-8-4-5-9-16(13)20(17(14)11-18(15)21)12-6-2-1-3-7-12;/h2-12,15-21H,1H3;2-15H,1H3;1-14,27H;1-11,21H;. The van der Waals surface area contributed by atoms with Crippen LogP contribution in [0.2, 0.25) is 0 Å². The summed E-state index contributed by atoms with van der Waals surface area (Å²) in [5.74, 6) is 6.81. The summed E-state index contributed by atoms with van der Waals surface area (Å²) in [7, 11) is -5.90. The van der Waals surface area contributed by atoms with Crippen molar-refractivity contribution < 1.29 is 36.0 Å². The minimum absolute atomic E-state index is 0. The van der Waals surface area contributed by atoms with Crippen molar-refractivity contribution in [3.05, 3.63) is 376 Å². The number of aromatic nitrogens is 8. The van der Waals surface area contributed by atoms with E-state index in [1.807, 2.05) is 181 Å². The molecule has 0 unspecified atom stereocenters. The van der Waals surface area contributed by atoms with Gasteiger partial charge in [0.15, 0.2) is 5.75 Å². The van der Waals surface area contributed by atoms with E-state index in [9.17, 15) is 31.8 Å². The lowest BCUT2D eigenvalue weighted by atomic mass is 9.99. The normalized spacial score (nSPS) is 11.4. The number of phenols is 2. The van der Waals surface area contributed by atoms with Crippen molar-refractivity contribution in [1.29, 1.82) is 0 Å². The Hall–Kier alpha value is -13.3.